The molecule has 0 aromatic carbocycles. The average Bonchev–Trinajstić information content (AvgIpc) is 2.37. The highest BCUT2D eigenvalue weighted by atomic mass is 16.5. The third-order valence-corrected chi connectivity index (χ3v) is 2.41. The molecule has 0 radical (unpaired) electrons. The molecule has 0 bridgehead atoms. The van der Waals surface area contributed by atoms with Crippen LogP contribution in [0, 0.1) is 0 Å². The third-order valence-electron chi connectivity index (χ3n) is 2.41. The van der Waals surface area contributed by atoms with Crippen LogP contribution in [0.1, 0.15) is 38.8 Å². The summed E-state index contributed by atoms with van der Waals surface area (Å²) >= 11 is 0. The van der Waals surface area contributed by atoms with Crippen molar-refractivity contribution in [1.29, 1.82) is 0 Å². The molecule has 0 aliphatic carbocycles. The Balaban J connectivity index is 2.66. The van der Waals surface area contributed by atoms with Gasteiger partial charge in [-0.1, -0.05) is 6.92 Å². The van der Waals surface area contributed by atoms with E-state index < -0.39 is 0 Å². The van der Waals surface area contributed by atoms with Gasteiger partial charge in [0.15, 0.2) is 0 Å². The molecule has 0 aliphatic rings. The summed E-state index contributed by atoms with van der Waals surface area (Å²) in [5, 5.41) is 0. The molecule has 0 amide bonds. The first-order chi connectivity index (χ1) is 8.67. The summed E-state index contributed by atoms with van der Waals surface area (Å²) in [6.45, 7) is 7.25. The van der Waals surface area contributed by atoms with Gasteiger partial charge in [0.05, 0.1) is 31.6 Å². The Morgan fingerprint density at radius 1 is 1.39 bits per heavy atom. The smallest absolute Gasteiger partial charge is 0.137 e. The van der Waals surface area contributed by atoms with Crippen LogP contribution in [0.5, 0.6) is 5.75 Å². The topological polar surface area (TPSA) is 69.4 Å². The van der Waals surface area contributed by atoms with Crippen molar-refractivity contribution in [2.24, 2.45) is 5.84 Å². The number of nitrogens with one attached hydrogen (secondary N) is 1. The highest BCUT2D eigenvalue weighted by Gasteiger charge is 2.12. The Labute approximate surface area is 109 Å². The van der Waals surface area contributed by atoms with E-state index in [1.165, 1.54) is 0 Å². The second kappa shape index (κ2) is 8.02. The van der Waals surface area contributed by atoms with Crippen LogP contribution in [0.25, 0.3) is 0 Å². The van der Waals surface area contributed by atoms with Crippen molar-refractivity contribution < 1.29 is 9.47 Å². The summed E-state index contributed by atoms with van der Waals surface area (Å²) in [5.74, 6) is 6.31. The zero-order valence-electron chi connectivity index (χ0n) is 11.3. The summed E-state index contributed by atoms with van der Waals surface area (Å²) in [7, 11) is 0. The third kappa shape index (κ3) is 5.00. The highest BCUT2D eigenvalue weighted by Crippen LogP contribution is 2.18. The molecular weight excluding hydrogens is 230 g/mol. The molecule has 0 spiro atoms. The molecule has 1 heterocycles. The molecule has 3 N–H and O–H groups in total. The Hall–Kier alpha value is -1.17. The van der Waals surface area contributed by atoms with E-state index in [1.807, 2.05) is 19.9 Å². The van der Waals surface area contributed by atoms with Gasteiger partial charge in [0, 0.05) is 6.20 Å². The van der Waals surface area contributed by atoms with E-state index in [9.17, 15) is 0 Å². The number of hydrogen-bond donors (Lipinski definition) is 2. The van der Waals surface area contributed by atoms with E-state index >= 15 is 0 Å². The van der Waals surface area contributed by atoms with E-state index in [1.54, 1.807) is 12.4 Å². The first-order valence-corrected chi connectivity index (χ1v) is 6.32. The van der Waals surface area contributed by atoms with Crippen molar-refractivity contribution in [3.05, 3.63) is 24.0 Å². The van der Waals surface area contributed by atoms with Gasteiger partial charge in [-0.05, 0) is 31.9 Å². The summed E-state index contributed by atoms with van der Waals surface area (Å²) in [6.07, 6.45) is 4.62. The lowest BCUT2D eigenvalue weighted by Crippen LogP contribution is -2.32. The number of nitrogens with zero attached hydrogens (tertiary/aromatic N) is 1. The number of aromatic nitrogens is 1. The maximum absolute atomic E-state index is 5.56. The van der Waals surface area contributed by atoms with Gasteiger partial charge in [-0.25, -0.2) is 0 Å². The Kier molecular flexibility index (Phi) is 6.64. The lowest BCUT2D eigenvalue weighted by atomic mass is 10.1. The minimum absolute atomic E-state index is 0.0786. The van der Waals surface area contributed by atoms with E-state index in [0.29, 0.717) is 13.2 Å². The maximum Gasteiger partial charge on any atom is 0.137 e. The first-order valence-electron chi connectivity index (χ1n) is 6.32. The number of ether oxygens (including phenoxy) is 2. The van der Waals surface area contributed by atoms with Crippen LogP contribution in [-0.2, 0) is 4.74 Å². The van der Waals surface area contributed by atoms with Gasteiger partial charge in [-0.15, -0.1) is 0 Å². The molecule has 1 unspecified atom stereocenters. The normalized spacial score (nSPS) is 12.7. The second-order valence-corrected chi connectivity index (χ2v) is 4.40. The Morgan fingerprint density at radius 2 is 2.17 bits per heavy atom. The molecule has 5 nitrogen and oxygen atoms in total. The van der Waals surface area contributed by atoms with Gasteiger partial charge in [0.1, 0.15) is 5.75 Å². The predicted octanol–water partition coefficient (Wildman–Crippen LogP) is 1.80. The predicted molar refractivity (Wildman–Crippen MR) is 71.2 cm³/mol. The molecule has 1 rings (SSSR count). The average molecular weight is 253 g/mol. The minimum Gasteiger partial charge on any atom is -0.492 e. The molecule has 18 heavy (non-hydrogen) atoms. The molecule has 0 fully saturated rings. The van der Waals surface area contributed by atoms with Crippen molar-refractivity contribution in [2.75, 3.05) is 13.2 Å². The fraction of sp³-hybridized carbons (Fsp3) is 0.615. The SMILES string of the molecule is CCCOc1cncc(C(COC(C)C)NN)c1. The molecule has 1 atom stereocenters. The minimum atomic E-state index is -0.0786. The monoisotopic (exact) mass is 253 g/mol. The van der Waals surface area contributed by atoms with E-state index in [0.717, 1.165) is 17.7 Å². The van der Waals surface area contributed by atoms with Gasteiger partial charge < -0.3 is 9.47 Å². The van der Waals surface area contributed by atoms with E-state index in [-0.39, 0.29) is 12.1 Å². The van der Waals surface area contributed by atoms with Gasteiger partial charge in [-0.3, -0.25) is 16.3 Å². The Bertz CT molecular complexity index is 345. The summed E-state index contributed by atoms with van der Waals surface area (Å²) in [5.41, 5.74) is 3.70. The lowest BCUT2D eigenvalue weighted by molar-refractivity contribution is 0.0610. The van der Waals surface area contributed by atoms with Crippen molar-refractivity contribution in [2.45, 2.75) is 39.3 Å². The van der Waals surface area contributed by atoms with Gasteiger partial charge in [-0.2, -0.15) is 0 Å². The zero-order chi connectivity index (χ0) is 13.4. The first kappa shape index (κ1) is 14.9. The summed E-state index contributed by atoms with van der Waals surface area (Å²) in [6, 6.07) is 1.86. The number of rotatable bonds is 8. The van der Waals surface area contributed by atoms with E-state index in [4.69, 9.17) is 15.3 Å². The lowest BCUT2D eigenvalue weighted by Gasteiger charge is -2.18. The molecule has 0 saturated carbocycles. The van der Waals surface area contributed by atoms with Gasteiger partial charge in [0.25, 0.3) is 0 Å². The fourth-order valence-corrected chi connectivity index (χ4v) is 1.45. The molecule has 0 saturated heterocycles. The molecule has 1 aromatic heterocycles. The quantitative estimate of drug-likeness (QED) is 0.546. The summed E-state index contributed by atoms with van der Waals surface area (Å²) < 4.78 is 11.1. The molecule has 5 heteroatoms. The molecule has 1 aromatic rings. The van der Waals surface area contributed by atoms with Crippen LogP contribution in [0.4, 0.5) is 0 Å². The Morgan fingerprint density at radius 3 is 2.78 bits per heavy atom. The molecular formula is C13H23N3O2. The highest BCUT2D eigenvalue weighted by molar-refractivity contribution is 5.26. The van der Waals surface area contributed by atoms with Crippen LogP contribution in [-0.4, -0.2) is 24.3 Å². The fourth-order valence-electron chi connectivity index (χ4n) is 1.45. The number of nitrogens with two attached hydrogens (primary N) is 1. The standard InChI is InChI=1S/C13H23N3O2/c1-4-5-17-12-6-11(7-15-8-12)13(16-14)9-18-10(2)3/h6-8,10,13,16H,4-5,9,14H2,1-3H3. The van der Waals surface area contributed by atoms with Crippen molar-refractivity contribution in [3.63, 3.8) is 0 Å². The zero-order valence-corrected chi connectivity index (χ0v) is 11.3. The van der Waals surface area contributed by atoms with Crippen LogP contribution >= 0.6 is 0 Å². The van der Waals surface area contributed by atoms with Crippen molar-refractivity contribution in [1.82, 2.24) is 10.4 Å². The van der Waals surface area contributed by atoms with Crippen molar-refractivity contribution in [3.8, 4) is 5.75 Å². The maximum atomic E-state index is 5.56. The largest absolute Gasteiger partial charge is 0.492 e. The summed E-state index contributed by atoms with van der Waals surface area (Å²) in [4.78, 5) is 4.16. The van der Waals surface area contributed by atoms with Gasteiger partial charge >= 0.3 is 0 Å². The number of pyridine rings is 1. The van der Waals surface area contributed by atoms with Crippen molar-refractivity contribution >= 4 is 0 Å². The van der Waals surface area contributed by atoms with Crippen LogP contribution < -0.4 is 16.0 Å². The van der Waals surface area contributed by atoms with Crippen LogP contribution in [0.3, 0.4) is 0 Å². The second-order valence-electron chi connectivity index (χ2n) is 4.40. The van der Waals surface area contributed by atoms with Crippen LogP contribution in [0.2, 0.25) is 0 Å². The molecule has 102 valence electrons. The number of hydrogen-bond acceptors (Lipinski definition) is 5. The number of hydrazine groups is 1. The van der Waals surface area contributed by atoms with E-state index in [2.05, 4.69) is 17.3 Å². The van der Waals surface area contributed by atoms with Gasteiger partial charge in [0.2, 0.25) is 0 Å². The molecule has 0 aliphatic heterocycles. The van der Waals surface area contributed by atoms with Crippen LogP contribution in [0.15, 0.2) is 18.5 Å².